The molecule has 0 saturated carbocycles. The van der Waals surface area contributed by atoms with Gasteiger partial charge in [0.25, 0.3) is 0 Å². The molecule has 0 aliphatic carbocycles. The Labute approximate surface area is 134 Å². The van der Waals surface area contributed by atoms with E-state index in [9.17, 15) is 4.79 Å². The van der Waals surface area contributed by atoms with Crippen molar-refractivity contribution in [1.29, 1.82) is 0 Å². The van der Waals surface area contributed by atoms with Crippen molar-refractivity contribution < 1.29 is 19.0 Å². The molecular formula is C19H16O4. The van der Waals surface area contributed by atoms with Crippen molar-refractivity contribution >= 4 is 11.9 Å². The van der Waals surface area contributed by atoms with Crippen molar-refractivity contribution in [2.45, 2.75) is 6.42 Å². The molecule has 2 aliphatic heterocycles. The molecule has 0 radical (unpaired) electrons. The summed E-state index contributed by atoms with van der Waals surface area (Å²) in [5, 5.41) is 0. The van der Waals surface area contributed by atoms with Gasteiger partial charge in [-0.05, 0) is 35.9 Å². The molecule has 2 heterocycles. The summed E-state index contributed by atoms with van der Waals surface area (Å²) in [6.45, 7) is 1.62. The lowest BCUT2D eigenvalue weighted by atomic mass is 9.99. The van der Waals surface area contributed by atoms with Gasteiger partial charge in [0.2, 0.25) is 0 Å². The van der Waals surface area contributed by atoms with Crippen molar-refractivity contribution in [1.82, 2.24) is 0 Å². The van der Waals surface area contributed by atoms with Crippen LogP contribution in [-0.4, -0.2) is 25.6 Å². The SMILES string of the molecule is O=C1C(=Cc2ccc3c(c2)OCCO3)CCOc2ccccc21. The molecule has 0 bridgehead atoms. The van der Waals surface area contributed by atoms with Crippen molar-refractivity contribution in [3.8, 4) is 17.2 Å². The highest BCUT2D eigenvalue weighted by Crippen LogP contribution is 2.33. The van der Waals surface area contributed by atoms with Gasteiger partial charge in [-0.2, -0.15) is 0 Å². The molecule has 0 unspecified atom stereocenters. The second-order valence-electron chi connectivity index (χ2n) is 5.50. The third-order valence-electron chi connectivity index (χ3n) is 3.96. The molecule has 0 amide bonds. The maximum Gasteiger partial charge on any atom is 0.192 e. The molecular weight excluding hydrogens is 292 g/mol. The number of fused-ring (bicyclic) bond motifs is 2. The van der Waals surface area contributed by atoms with Crippen LogP contribution in [0.4, 0.5) is 0 Å². The molecule has 4 rings (SSSR count). The van der Waals surface area contributed by atoms with Crippen molar-refractivity contribution in [3.63, 3.8) is 0 Å². The summed E-state index contributed by atoms with van der Waals surface area (Å²) in [6, 6.07) is 13.1. The predicted octanol–water partition coefficient (Wildman–Crippen LogP) is 3.51. The van der Waals surface area contributed by atoms with Gasteiger partial charge in [-0.3, -0.25) is 4.79 Å². The minimum Gasteiger partial charge on any atom is -0.492 e. The van der Waals surface area contributed by atoms with Crippen LogP contribution in [0, 0.1) is 0 Å². The van der Waals surface area contributed by atoms with Crippen LogP contribution in [0.3, 0.4) is 0 Å². The van der Waals surface area contributed by atoms with E-state index in [0.29, 0.717) is 37.6 Å². The van der Waals surface area contributed by atoms with E-state index in [2.05, 4.69) is 0 Å². The molecule has 23 heavy (non-hydrogen) atoms. The number of rotatable bonds is 1. The van der Waals surface area contributed by atoms with Crippen LogP contribution in [-0.2, 0) is 0 Å². The number of ketones is 1. The van der Waals surface area contributed by atoms with Gasteiger partial charge < -0.3 is 14.2 Å². The number of carbonyl (C=O) groups excluding carboxylic acids is 1. The summed E-state index contributed by atoms with van der Waals surface area (Å²) in [4.78, 5) is 12.7. The zero-order chi connectivity index (χ0) is 15.6. The Balaban J connectivity index is 1.69. The number of ether oxygens (including phenoxy) is 3. The highest BCUT2D eigenvalue weighted by atomic mass is 16.6. The molecule has 116 valence electrons. The minimum absolute atomic E-state index is 0.0213. The second-order valence-corrected chi connectivity index (χ2v) is 5.50. The highest BCUT2D eigenvalue weighted by molar-refractivity contribution is 6.13. The molecule has 2 aromatic rings. The molecule has 0 aromatic heterocycles. The van der Waals surface area contributed by atoms with E-state index in [-0.39, 0.29) is 5.78 Å². The third-order valence-corrected chi connectivity index (χ3v) is 3.96. The number of benzene rings is 2. The maximum absolute atomic E-state index is 12.7. The van der Waals surface area contributed by atoms with E-state index >= 15 is 0 Å². The number of hydrogen-bond donors (Lipinski definition) is 0. The lowest BCUT2D eigenvalue weighted by Gasteiger charge is -2.18. The number of Topliss-reactive ketones (excluding diaryl/α,β-unsaturated/α-hetero) is 1. The fourth-order valence-electron chi connectivity index (χ4n) is 2.83. The Kier molecular flexibility index (Phi) is 3.50. The number of carbonyl (C=O) groups is 1. The number of para-hydroxylation sites is 1. The summed E-state index contributed by atoms with van der Waals surface area (Å²) in [7, 11) is 0. The zero-order valence-corrected chi connectivity index (χ0v) is 12.6. The van der Waals surface area contributed by atoms with E-state index in [0.717, 1.165) is 22.6 Å². The zero-order valence-electron chi connectivity index (χ0n) is 12.6. The molecule has 2 aromatic carbocycles. The molecule has 0 N–H and O–H groups in total. The fourth-order valence-corrected chi connectivity index (χ4v) is 2.83. The second kappa shape index (κ2) is 5.80. The van der Waals surface area contributed by atoms with Crippen molar-refractivity contribution in [2.75, 3.05) is 19.8 Å². The summed E-state index contributed by atoms with van der Waals surface area (Å²) < 4.78 is 16.8. The van der Waals surface area contributed by atoms with E-state index in [1.165, 1.54) is 0 Å². The lowest BCUT2D eigenvalue weighted by molar-refractivity contribution is 0.103. The van der Waals surface area contributed by atoms with Crippen molar-refractivity contribution in [3.05, 3.63) is 59.2 Å². The summed E-state index contributed by atoms with van der Waals surface area (Å²) in [5.74, 6) is 2.15. The Hall–Kier alpha value is -2.75. The van der Waals surface area contributed by atoms with Crippen LogP contribution in [0.2, 0.25) is 0 Å². The average molecular weight is 308 g/mol. The largest absolute Gasteiger partial charge is 0.492 e. The number of hydrogen-bond acceptors (Lipinski definition) is 4. The van der Waals surface area contributed by atoms with Gasteiger partial charge in [0, 0.05) is 12.0 Å². The van der Waals surface area contributed by atoms with Gasteiger partial charge in [0.05, 0.1) is 12.2 Å². The van der Waals surface area contributed by atoms with E-state index in [1.54, 1.807) is 6.07 Å². The minimum atomic E-state index is 0.0213. The highest BCUT2D eigenvalue weighted by Gasteiger charge is 2.21. The average Bonchev–Trinajstić information content (AvgIpc) is 2.75. The molecule has 4 nitrogen and oxygen atoms in total. The lowest BCUT2D eigenvalue weighted by Crippen LogP contribution is -2.15. The van der Waals surface area contributed by atoms with E-state index in [1.807, 2.05) is 42.5 Å². The van der Waals surface area contributed by atoms with Gasteiger partial charge in [-0.25, -0.2) is 0 Å². The first kappa shape index (κ1) is 13.9. The van der Waals surface area contributed by atoms with Crippen LogP contribution in [0.25, 0.3) is 6.08 Å². The first-order valence-electron chi connectivity index (χ1n) is 7.68. The molecule has 4 heteroatoms. The Bertz CT molecular complexity index is 792. The van der Waals surface area contributed by atoms with Gasteiger partial charge in [-0.1, -0.05) is 18.2 Å². The van der Waals surface area contributed by atoms with Crippen LogP contribution >= 0.6 is 0 Å². The molecule has 0 spiro atoms. The van der Waals surface area contributed by atoms with Crippen molar-refractivity contribution in [2.24, 2.45) is 0 Å². The smallest absolute Gasteiger partial charge is 0.192 e. The van der Waals surface area contributed by atoms with Gasteiger partial charge in [0.1, 0.15) is 19.0 Å². The Morgan fingerprint density at radius 2 is 1.61 bits per heavy atom. The Morgan fingerprint density at radius 3 is 2.52 bits per heavy atom. The van der Waals surface area contributed by atoms with Gasteiger partial charge in [-0.15, -0.1) is 0 Å². The third kappa shape index (κ3) is 2.68. The predicted molar refractivity (Wildman–Crippen MR) is 86.3 cm³/mol. The maximum atomic E-state index is 12.7. The topological polar surface area (TPSA) is 44.8 Å². The molecule has 2 aliphatic rings. The molecule has 0 atom stereocenters. The fraction of sp³-hybridized carbons (Fsp3) is 0.211. The van der Waals surface area contributed by atoms with Crippen LogP contribution < -0.4 is 14.2 Å². The van der Waals surface area contributed by atoms with Gasteiger partial charge >= 0.3 is 0 Å². The Morgan fingerprint density at radius 1 is 0.826 bits per heavy atom. The van der Waals surface area contributed by atoms with Crippen LogP contribution in [0.1, 0.15) is 22.3 Å². The first-order valence-corrected chi connectivity index (χ1v) is 7.68. The summed E-state index contributed by atoms with van der Waals surface area (Å²) in [6.07, 6.45) is 2.49. The monoisotopic (exact) mass is 308 g/mol. The molecule has 0 saturated heterocycles. The van der Waals surface area contributed by atoms with Gasteiger partial charge in [0.15, 0.2) is 17.3 Å². The standard InChI is InChI=1S/C19H16O4/c20-19-14(7-8-21-16-4-2-1-3-15(16)19)11-13-5-6-17-18(12-13)23-10-9-22-17/h1-6,11-12H,7-10H2. The normalized spacial score (nSPS) is 18.1. The van der Waals surface area contributed by atoms with Crippen LogP contribution in [0.15, 0.2) is 48.0 Å². The van der Waals surface area contributed by atoms with E-state index < -0.39 is 0 Å². The van der Waals surface area contributed by atoms with Crippen LogP contribution in [0.5, 0.6) is 17.2 Å². The summed E-state index contributed by atoms with van der Waals surface area (Å²) >= 11 is 0. The first-order chi connectivity index (χ1) is 11.3. The quantitative estimate of drug-likeness (QED) is 0.756. The molecule has 0 fully saturated rings. The van der Waals surface area contributed by atoms with E-state index in [4.69, 9.17) is 14.2 Å². The summed E-state index contributed by atoms with van der Waals surface area (Å²) in [5.41, 5.74) is 2.29.